The van der Waals surface area contributed by atoms with E-state index >= 15 is 0 Å². The molecule has 0 saturated carbocycles. The van der Waals surface area contributed by atoms with Gasteiger partial charge in [0.15, 0.2) is 0 Å². The van der Waals surface area contributed by atoms with Gasteiger partial charge in [0.2, 0.25) is 12.3 Å². The summed E-state index contributed by atoms with van der Waals surface area (Å²) in [6.07, 6.45) is 2.74. The monoisotopic (exact) mass is 168 g/mol. The van der Waals surface area contributed by atoms with E-state index in [-0.39, 0.29) is 17.9 Å². The van der Waals surface area contributed by atoms with Crippen LogP contribution in [0.4, 0.5) is 0 Å². The predicted octanol–water partition coefficient (Wildman–Crippen LogP) is -0.647. The van der Waals surface area contributed by atoms with Crippen molar-refractivity contribution in [3.8, 4) is 0 Å². The van der Waals surface area contributed by atoms with Gasteiger partial charge in [-0.05, 0) is 12.8 Å². The van der Waals surface area contributed by atoms with Crippen molar-refractivity contribution < 1.29 is 9.59 Å². The number of carbonyl (C=O) groups is 2. The first-order valence-electron chi connectivity index (χ1n) is 4.31. The number of fused-ring (bicyclic) bond motifs is 1. The van der Waals surface area contributed by atoms with Crippen molar-refractivity contribution in [2.45, 2.75) is 18.9 Å². The van der Waals surface area contributed by atoms with Crippen LogP contribution in [-0.2, 0) is 9.59 Å². The highest BCUT2D eigenvalue weighted by atomic mass is 16.2. The fourth-order valence-corrected chi connectivity index (χ4v) is 2.12. The Hall–Kier alpha value is -1.06. The molecule has 2 atom stereocenters. The molecule has 2 fully saturated rings. The van der Waals surface area contributed by atoms with E-state index in [2.05, 4.69) is 5.32 Å². The molecule has 0 bridgehead atoms. The third-order valence-corrected chi connectivity index (χ3v) is 2.78. The van der Waals surface area contributed by atoms with Crippen molar-refractivity contribution >= 4 is 12.3 Å². The van der Waals surface area contributed by atoms with Gasteiger partial charge in [-0.25, -0.2) is 0 Å². The van der Waals surface area contributed by atoms with Crippen LogP contribution in [0.15, 0.2) is 0 Å². The molecule has 66 valence electrons. The molecule has 1 N–H and O–H groups in total. The minimum atomic E-state index is 0.0592. The average molecular weight is 168 g/mol. The smallest absolute Gasteiger partial charge is 0.225 e. The van der Waals surface area contributed by atoms with Crippen LogP contribution >= 0.6 is 0 Å². The lowest BCUT2D eigenvalue weighted by molar-refractivity contribution is -0.127. The molecule has 12 heavy (non-hydrogen) atoms. The van der Waals surface area contributed by atoms with Crippen LogP contribution in [0.25, 0.3) is 0 Å². The van der Waals surface area contributed by atoms with Crippen LogP contribution in [0.1, 0.15) is 12.8 Å². The minimum absolute atomic E-state index is 0.0592. The van der Waals surface area contributed by atoms with Crippen molar-refractivity contribution in [1.29, 1.82) is 0 Å². The summed E-state index contributed by atoms with van der Waals surface area (Å²) in [5.41, 5.74) is 0. The fourth-order valence-electron chi connectivity index (χ4n) is 2.12. The van der Waals surface area contributed by atoms with Gasteiger partial charge in [-0.3, -0.25) is 9.59 Å². The molecule has 0 aromatic heterocycles. The minimum Gasteiger partial charge on any atom is -0.354 e. The molecule has 0 aromatic rings. The Kier molecular flexibility index (Phi) is 1.75. The highest BCUT2D eigenvalue weighted by Crippen LogP contribution is 2.25. The lowest BCUT2D eigenvalue weighted by Crippen LogP contribution is -2.44. The number of piperidine rings is 1. The summed E-state index contributed by atoms with van der Waals surface area (Å²) in [5, 5.41) is 2.79. The van der Waals surface area contributed by atoms with E-state index in [4.69, 9.17) is 0 Å². The predicted molar refractivity (Wildman–Crippen MR) is 42.3 cm³/mol. The molecule has 2 unspecified atom stereocenters. The average Bonchev–Trinajstić information content (AvgIpc) is 2.48. The van der Waals surface area contributed by atoms with Crippen LogP contribution in [0, 0.1) is 5.92 Å². The van der Waals surface area contributed by atoms with E-state index in [0.29, 0.717) is 6.54 Å². The molecule has 2 saturated heterocycles. The maximum Gasteiger partial charge on any atom is 0.225 e. The molecule has 2 amide bonds. The van der Waals surface area contributed by atoms with Crippen LogP contribution in [0.5, 0.6) is 0 Å². The Morgan fingerprint density at radius 2 is 2.42 bits per heavy atom. The molecule has 0 radical (unpaired) electrons. The highest BCUT2D eigenvalue weighted by Gasteiger charge is 2.40. The molecule has 2 aliphatic rings. The molecule has 2 heterocycles. The van der Waals surface area contributed by atoms with E-state index in [1.165, 1.54) is 0 Å². The molecule has 4 nitrogen and oxygen atoms in total. The quantitative estimate of drug-likeness (QED) is 0.529. The number of carbonyl (C=O) groups excluding carboxylic acids is 2. The topological polar surface area (TPSA) is 49.4 Å². The summed E-state index contributed by atoms with van der Waals surface area (Å²) in [6.45, 7) is 1.45. The molecule has 4 heteroatoms. The number of hydrogen-bond donors (Lipinski definition) is 1. The third-order valence-electron chi connectivity index (χ3n) is 2.78. The van der Waals surface area contributed by atoms with E-state index in [0.717, 1.165) is 25.8 Å². The van der Waals surface area contributed by atoms with Gasteiger partial charge < -0.3 is 10.2 Å². The second kappa shape index (κ2) is 2.77. The molecule has 2 rings (SSSR count). The summed E-state index contributed by atoms with van der Waals surface area (Å²) < 4.78 is 0. The van der Waals surface area contributed by atoms with Gasteiger partial charge in [0, 0.05) is 13.1 Å². The van der Waals surface area contributed by atoms with Gasteiger partial charge in [-0.15, -0.1) is 0 Å². The van der Waals surface area contributed by atoms with E-state index in [1.54, 1.807) is 4.90 Å². The van der Waals surface area contributed by atoms with E-state index in [9.17, 15) is 9.59 Å². The van der Waals surface area contributed by atoms with Crippen molar-refractivity contribution in [2.75, 3.05) is 13.1 Å². The molecule has 0 spiro atoms. The zero-order valence-corrected chi connectivity index (χ0v) is 6.82. The maximum absolute atomic E-state index is 11.2. The molecule has 0 aromatic carbocycles. The second-order valence-electron chi connectivity index (χ2n) is 3.40. The molecule has 2 aliphatic heterocycles. The van der Waals surface area contributed by atoms with Crippen LogP contribution in [0.3, 0.4) is 0 Å². The van der Waals surface area contributed by atoms with Gasteiger partial charge in [-0.1, -0.05) is 0 Å². The summed E-state index contributed by atoms with van der Waals surface area (Å²) in [6, 6.07) is 0.128. The largest absolute Gasteiger partial charge is 0.354 e. The summed E-state index contributed by atoms with van der Waals surface area (Å²) in [5.74, 6) is 0.176. The second-order valence-corrected chi connectivity index (χ2v) is 3.40. The van der Waals surface area contributed by atoms with Crippen molar-refractivity contribution in [2.24, 2.45) is 5.92 Å². The van der Waals surface area contributed by atoms with Crippen molar-refractivity contribution in [1.82, 2.24) is 10.2 Å². The number of hydrogen-bond acceptors (Lipinski definition) is 2. The van der Waals surface area contributed by atoms with Crippen LogP contribution < -0.4 is 5.32 Å². The lowest BCUT2D eigenvalue weighted by Gasteiger charge is -2.32. The first-order valence-corrected chi connectivity index (χ1v) is 4.31. The Balaban J connectivity index is 2.14. The van der Waals surface area contributed by atoms with Gasteiger partial charge in [0.25, 0.3) is 0 Å². The molecular weight excluding hydrogens is 156 g/mol. The standard InChI is InChI=1S/C8H12N2O2/c11-5-10-3-1-2-6-7(10)4-9-8(6)12/h5-7H,1-4H2,(H,9,12). The Bertz CT molecular complexity index is 217. The first-order chi connectivity index (χ1) is 5.83. The SMILES string of the molecule is O=CN1CCCC2C(=O)NCC21. The van der Waals surface area contributed by atoms with Crippen LogP contribution in [0.2, 0.25) is 0 Å². The summed E-state index contributed by atoms with van der Waals surface area (Å²) >= 11 is 0. The van der Waals surface area contributed by atoms with Gasteiger partial charge in [0.1, 0.15) is 0 Å². The normalized spacial score (nSPS) is 34.3. The van der Waals surface area contributed by atoms with E-state index < -0.39 is 0 Å². The summed E-state index contributed by atoms with van der Waals surface area (Å²) in [4.78, 5) is 23.6. The van der Waals surface area contributed by atoms with Crippen molar-refractivity contribution in [3.05, 3.63) is 0 Å². The summed E-state index contributed by atoms with van der Waals surface area (Å²) in [7, 11) is 0. The maximum atomic E-state index is 11.2. The lowest BCUT2D eigenvalue weighted by atomic mass is 9.92. The van der Waals surface area contributed by atoms with Crippen LogP contribution in [-0.4, -0.2) is 36.3 Å². The zero-order valence-electron chi connectivity index (χ0n) is 6.82. The number of nitrogens with one attached hydrogen (secondary N) is 1. The fraction of sp³-hybridized carbons (Fsp3) is 0.750. The zero-order chi connectivity index (χ0) is 8.55. The Labute approximate surface area is 70.9 Å². The Morgan fingerprint density at radius 1 is 1.58 bits per heavy atom. The number of nitrogens with zero attached hydrogens (tertiary/aromatic N) is 1. The van der Waals surface area contributed by atoms with Gasteiger partial charge >= 0.3 is 0 Å². The number of likely N-dealkylation sites (tertiary alicyclic amines) is 1. The molecule has 0 aliphatic carbocycles. The number of rotatable bonds is 1. The third kappa shape index (κ3) is 0.983. The number of amides is 2. The van der Waals surface area contributed by atoms with E-state index in [1.807, 2.05) is 0 Å². The van der Waals surface area contributed by atoms with Crippen molar-refractivity contribution in [3.63, 3.8) is 0 Å². The van der Waals surface area contributed by atoms with Gasteiger partial charge in [-0.2, -0.15) is 0 Å². The highest BCUT2D eigenvalue weighted by molar-refractivity contribution is 5.82. The Morgan fingerprint density at radius 3 is 3.17 bits per heavy atom. The van der Waals surface area contributed by atoms with Gasteiger partial charge in [0.05, 0.1) is 12.0 Å². The first kappa shape index (κ1) is 7.58. The molecular formula is C8H12N2O2.